The molecule has 0 radical (unpaired) electrons. The Morgan fingerprint density at radius 2 is 1.76 bits per heavy atom. The number of hydrogen-bond donors (Lipinski definition) is 2. The van der Waals surface area contributed by atoms with Crippen molar-refractivity contribution in [3.8, 4) is 5.75 Å². The lowest BCUT2D eigenvalue weighted by molar-refractivity contribution is 0.313. The number of nitrogens with one attached hydrogen (secondary N) is 1. The lowest BCUT2D eigenvalue weighted by Crippen LogP contribution is -2.44. The van der Waals surface area contributed by atoms with E-state index >= 15 is 0 Å². The molecule has 2 aromatic carbocycles. The minimum atomic E-state index is -0.184. The number of rotatable bonds is 5. The number of fused-ring (bicyclic) bond motifs is 1. The Morgan fingerprint density at radius 3 is 2.50 bits per heavy atom. The van der Waals surface area contributed by atoms with E-state index in [1.54, 1.807) is 29.0 Å². The van der Waals surface area contributed by atoms with Gasteiger partial charge in [-0.25, -0.2) is 4.98 Å². The molecule has 4 aromatic rings. The lowest BCUT2D eigenvalue weighted by atomic mass is 10.1. The van der Waals surface area contributed by atoms with Crippen LogP contribution in [0.3, 0.4) is 0 Å². The van der Waals surface area contributed by atoms with Crippen LogP contribution in [0.2, 0.25) is 0 Å². The molecule has 1 aliphatic rings. The molecule has 0 spiro atoms. The number of aromatic nitrogens is 3. The smallest absolute Gasteiger partial charge is 0.252 e. The van der Waals surface area contributed by atoms with Gasteiger partial charge in [-0.3, -0.25) is 9.36 Å². The molecule has 0 amide bonds. The average Bonchev–Trinajstić information content (AvgIpc) is 2.84. The van der Waals surface area contributed by atoms with E-state index in [1.807, 2.05) is 25.1 Å². The summed E-state index contributed by atoms with van der Waals surface area (Å²) in [5.41, 5.74) is 4.02. The molecule has 1 fully saturated rings. The van der Waals surface area contributed by atoms with Gasteiger partial charge in [0.1, 0.15) is 11.4 Å². The third-order valence-electron chi connectivity index (χ3n) is 6.42. The Bertz CT molecular complexity index is 1350. The topological polar surface area (TPSA) is 86.5 Å². The van der Waals surface area contributed by atoms with Crippen molar-refractivity contribution >= 4 is 28.4 Å². The predicted molar refractivity (Wildman–Crippen MR) is 135 cm³/mol. The van der Waals surface area contributed by atoms with Gasteiger partial charge in [0.2, 0.25) is 5.95 Å². The first-order valence-corrected chi connectivity index (χ1v) is 11.4. The lowest BCUT2D eigenvalue weighted by Gasteiger charge is -2.34. The molecule has 2 aromatic heterocycles. The Kier molecular flexibility index (Phi) is 5.90. The van der Waals surface area contributed by atoms with Crippen molar-refractivity contribution in [2.45, 2.75) is 13.5 Å². The average molecular weight is 457 g/mol. The Labute approximate surface area is 198 Å². The van der Waals surface area contributed by atoms with Gasteiger partial charge in [0.25, 0.3) is 5.56 Å². The van der Waals surface area contributed by atoms with Crippen molar-refractivity contribution in [1.29, 1.82) is 0 Å². The molecule has 8 nitrogen and oxygen atoms in total. The number of aromatic hydroxyl groups is 1. The van der Waals surface area contributed by atoms with E-state index in [4.69, 9.17) is 0 Å². The van der Waals surface area contributed by atoms with Crippen molar-refractivity contribution in [3.63, 3.8) is 0 Å². The second-order valence-corrected chi connectivity index (χ2v) is 8.77. The molecule has 0 atom stereocenters. The van der Waals surface area contributed by atoms with Gasteiger partial charge in [0.05, 0.1) is 6.54 Å². The number of phenols is 1. The summed E-state index contributed by atoms with van der Waals surface area (Å²) < 4.78 is 1.57. The maximum absolute atomic E-state index is 12.7. The number of pyridine rings is 1. The molecule has 0 aliphatic carbocycles. The number of anilines is 3. The van der Waals surface area contributed by atoms with Gasteiger partial charge in [0.15, 0.2) is 0 Å². The zero-order chi connectivity index (χ0) is 23.7. The summed E-state index contributed by atoms with van der Waals surface area (Å²) in [5.74, 6) is 0.574. The molecule has 2 N–H and O–H groups in total. The SMILES string of the molecule is Cc1cccc(O)c1Cn1c(=O)ccc2cnc(Nc3ccc(N4CCN(C)CC4)cc3)nc21. The molecule has 34 heavy (non-hydrogen) atoms. The highest BCUT2D eigenvalue weighted by molar-refractivity contribution is 5.76. The maximum atomic E-state index is 12.7. The highest BCUT2D eigenvalue weighted by Crippen LogP contribution is 2.24. The summed E-state index contributed by atoms with van der Waals surface area (Å²) in [6.45, 7) is 6.31. The molecular formula is C26H28N6O2. The van der Waals surface area contributed by atoms with Crippen molar-refractivity contribution in [2.24, 2.45) is 0 Å². The second kappa shape index (κ2) is 9.15. The zero-order valence-corrected chi connectivity index (χ0v) is 19.4. The molecule has 0 saturated carbocycles. The molecule has 0 bridgehead atoms. The third-order valence-corrected chi connectivity index (χ3v) is 6.42. The fourth-order valence-electron chi connectivity index (χ4n) is 4.28. The fourth-order valence-corrected chi connectivity index (χ4v) is 4.28. The summed E-state index contributed by atoms with van der Waals surface area (Å²) in [5, 5.41) is 14.3. The molecule has 5 rings (SSSR count). The van der Waals surface area contributed by atoms with Crippen LogP contribution in [-0.2, 0) is 6.54 Å². The van der Waals surface area contributed by atoms with Crippen LogP contribution in [0, 0.1) is 6.92 Å². The number of aryl methyl sites for hydroxylation is 1. The van der Waals surface area contributed by atoms with E-state index in [0.717, 1.165) is 42.8 Å². The van der Waals surface area contributed by atoms with Crippen LogP contribution in [-0.4, -0.2) is 57.8 Å². The van der Waals surface area contributed by atoms with Crippen LogP contribution in [0.15, 0.2) is 65.6 Å². The largest absolute Gasteiger partial charge is 0.508 e. The van der Waals surface area contributed by atoms with Crippen LogP contribution >= 0.6 is 0 Å². The first kappa shape index (κ1) is 21.9. The van der Waals surface area contributed by atoms with E-state index in [2.05, 4.69) is 44.3 Å². The monoisotopic (exact) mass is 456 g/mol. The summed E-state index contributed by atoms with van der Waals surface area (Å²) >= 11 is 0. The highest BCUT2D eigenvalue weighted by atomic mass is 16.3. The number of benzene rings is 2. The van der Waals surface area contributed by atoms with Crippen molar-refractivity contribution < 1.29 is 5.11 Å². The molecule has 0 unspecified atom stereocenters. The summed E-state index contributed by atoms with van der Waals surface area (Å²) in [6.07, 6.45) is 1.71. The second-order valence-electron chi connectivity index (χ2n) is 8.77. The van der Waals surface area contributed by atoms with E-state index < -0.39 is 0 Å². The van der Waals surface area contributed by atoms with Crippen LogP contribution < -0.4 is 15.8 Å². The maximum Gasteiger partial charge on any atom is 0.252 e. The van der Waals surface area contributed by atoms with E-state index in [-0.39, 0.29) is 17.9 Å². The van der Waals surface area contributed by atoms with Gasteiger partial charge >= 0.3 is 0 Å². The Balaban J connectivity index is 1.41. The Morgan fingerprint density at radius 1 is 1.00 bits per heavy atom. The predicted octanol–water partition coefficient (Wildman–Crippen LogP) is 3.35. The van der Waals surface area contributed by atoms with Gasteiger partial charge in [-0.1, -0.05) is 12.1 Å². The fraction of sp³-hybridized carbons (Fsp3) is 0.269. The minimum absolute atomic E-state index is 0.164. The van der Waals surface area contributed by atoms with Crippen molar-refractivity contribution in [2.75, 3.05) is 43.4 Å². The standard InChI is InChI=1S/C26H28N6O2/c1-18-4-3-5-23(33)22(18)17-32-24(34)11-6-19-16-27-26(29-25(19)32)28-20-7-9-21(10-8-20)31-14-12-30(2)13-15-31/h3-11,16,33H,12-15,17H2,1-2H3,(H,27,28,29). The van der Waals surface area contributed by atoms with Gasteiger partial charge in [-0.15, -0.1) is 0 Å². The third kappa shape index (κ3) is 4.45. The summed E-state index contributed by atoms with van der Waals surface area (Å²) in [7, 11) is 2.15. The minimum Gasteiger partial charge on any atom is -0.508 e. The van der Waals surface area contributed by atoms with Crippen LogP contribution in [0.5, 0.6) is 5.75 Å². The number of phenolic OH excluding ortho intramolecular Hbond substituents is 1. The first-order chi connectivity index (χ1) is 16.5. The van der Waals surface area contributed by atoms with E-state index in [9.17, 15) is 9.90 Å². The van der Waals surface area contributed by atoms with Crippen LogP contribution in [0.25, 0.3) is 11.0 Å². The molecule has 3 heterocycles. The van der Waals surface area contributed by atoms with Gasteiger partial charge in [-0.05, 0) is 55.9 Å². The summed E-state index contributed by atoms with van der Waals surface area (Å²) in [6, 6.07) is 16.8. The van der Waals surface area contributed by atoms with E-state index in [0.29, 0.717) is 17.2 Å². The molecule has 1 aliphatic heterocycles. The number of nitrogens with zero attached hydrogens (tertiary/aromatic N) is 5. The van der Waals surface area contributed by atoms with E-state index in [1.165, 1.54) is 11.8 Å². The van der Waals surface area contributed by atoms with Gasteiger partial charge in [-0.2, -0.15) is 4.98 Å². The normalized spacial score (nSPS) is 14.5. The summed E-state index contributed by atoms with van der Waals surface area (Å²) in [4.78, 5) is 26.5. The first-order valence-electron chi connectivity index (χ1n) is 11.4. The van der Waals surface area contributed by atoms with Crippen LogP contribution in [0.4, 0.5) is 17.3 Å². The van der Waals surface area contributed by atoms with Gasteiger partial charge in [0, 0.05) is 60.8 Å². The van der Waals surface area contributed by atoms with Crippen molar-refractivity contribution in [3.05, 3.63) is 82.3 Å². The molecule has 174 valence electrons. The molecule has 8 heteroatoms. The Hall–Kier alpha value is -3.91. The molecule has 1 saturated heterocycles. The highest BCUT2D eigenvalue weighted by Gasteiger charge is 2.15. The molecular weight excluding hydrogens is 428 g/mol. The van der Waals surface area contributed by atoms with Gasteiger partial charge < -0.3 is 20.2 Å². The zero-order valence-electron chi connectivity index (χ0n) is 19.4. The quantitative estimate of drug-likeness (QED) is 0.476. The van der Waals surface area contributed by atoms with Crippen LogP contribution in [0.1, 0.15) is 11.1 Å². The number of piperazine rings is 1. The number of likely N-dealkylation sites (N-methyl/N-ethyl adjacent to an activating group) is 1. The number of hydrogen-bond acceptors (Lipinski definition) is 7. The van der Waals surface area contributed by atoms with Crippen molar-refractivity contribution in [1.82, 2.24) is 19.4 Å².